The molecule has 3 aromatic carbocycles. The van der Waals surface area contributed by atoms with Gasteiger partial charge in [-0.3, -0.25) is 9.69 Å². The number of carbonyl (C=O) groups is 1. The average molecular weight is 426 g/mol. The minimum Gasteiger partial charge on any atom is -0.495 e. The Morgan fingerprint density at radius 1 is 1.06 bits per heavy atom. The van der Waals surface area contributed by atoms with Gasteiger partial charge in [-0.1, -0.05) is 54.6 Å². The molecule has 0 spiro atoms. The van der Waals surface area contributed by atoms with Gasteiger partial charge >= 0.3 is 0 Å². The molecule has 2 atom stereocenters. The topological polar surface area (TPSA) is 65.4 Å². The molecule has 2 aliphatic heterocycles. The molecule has 2 saturated heterocycles. The quantitative estimate of drug-likeness (QED) is 0.646. The summed E-state index contributed by atoms with van der Waals surface area (Å²) in [5, 5.41) is 14.5. The second-order valence-electron chi connectivity index (χ2n) is 8.85. The fraction of sp³-hybridized carbons (Fsp3) is 0.333. The molecule has 5 rings (SSSR count). The zero-order valence-corrected chi connectivity index (χ0v) is 18.3. The predicted octanol–water partition coefficient (Wildman–Crippen LogP) is 4.65. The Balaban J connectivity index is 1.34. The van der Waals surface area contributed by atoms with Crippen LogP contribution in [0.3, 0.4) is 0 Å². The minimum absolute atomic E-state index is 0.133. The summed E-state index contributed by atoms with van der Waals surface area (Å²) in [6, 6.07) is 23.2. The first-order chi connectivity index (χ1) is 15.7. The van der Waals surface area contributed by atoms with E-state index in [1.165, 1.54) is 18.4 Å². The second-order valence-corrected chi connectivity index (χ2v) is 8.85. The lowest BCUT2D eigenvalue weighted by molar-refractivity contribution is 0.0825. The highest BCUT2D eigenvalue weighted by atomic mass is 16.5. The maximum atomic E-state index is 13.3. The highest BCUT2D eigenvalue weighted by Gasteiger charge is 2.41. The standard InChI is InChI=1S/C27H27N3O2/c1-32-26-24-10-6-5-9-23(24)19(16-28)13-25(26)27(31)29-20-14-21-11-12-22(15-20)30(21)17-18-7-3-2-4-8-18/h2-10,13,20-22H,11-12,14-15,17H2,1H3,(H,29,31). The van der Waals surface area contributed by atoms with Gasteiger partial charge in [0.05, 0.1) is 24.3 Å². The van der Waals surface area contributed by atoms with Crippen molar-refractivity contribution in [2.75, 3.05) is 7.11 Å². The second kappa shape index (κ2) is 8.64. The third-order valence-corrected chi connectivity index (χ3v) is 6.99. The Morgan fingerprint density at radius 2 is 1.72 bits per heavy atom. The van der Waals surface area contributed by atoms with Crippen molar-refractivity contribution < 1.29 is 9.53 Å². The molecule has 5 heteroatoms. The molecule has 0 aromatic heterocycles. The minimum atomic E-state index is -0.162. The summed E-state index contributed by atoms with van der Waals surface area (Å²) in [4.78, 5) is 15.9. The zero-order valence-electron chi connectivity index (χ0n) is 18.3. The number of hydrogen-bond donors (Lipinski definition) is 1. The fourth-order valence-corrected chi connectivity index (χ4v) is 5.54. The Bertz CT molecular complexity index is 1170. The Labute approximate surface area is 188 Å². The maximum Gasteiger partial charge on any atom is 0.255 e. The van der Waals surface area contributed by atoms with Crippen molar-refractivity contribution in [1.82, 2.24) is 10.2 Å². The Hall–Kier alpha value is -3.36. The van der Waals surface area contributed by atoms with Crippen LogP contribution < -0.4 is 10.1 Å². The number of hydrogen-bond acceptors (Lipinski definition) is 4. The van der Waals surface area contributed by atoms with E-state index in [0.717, 1.165) is 30.2 Å². The van der Waals surface area contributed by atoms with E-state index in [4.69, 9.17) is 4.74 Å². The van der Waals surface area contributed by atoms with E-state index in [1.807, 2.05) is 24.3 Å². The summed E-state index contributed by atoms with van der Waals surface area (Å²) in [5.41, 5.74) is 2.27. The molecule has 1 N–H and O–H groups in total. The van der Waals surface area contributed by atoms with Crippen molar-refractivity contribution in [2.45, 2.75) is 50.4 Å². The van der Waals surface area contributed by atoms with Crippen LogP contribution in [-0.4, -0.2) is 36.0 Å². The summed E-state index contributed by atoms with van der Waals surface area (Å²) in [6.45, 7) is 0.973. The molecule has 162 valence electrons. The molecule has 0 aliphatic carbocycles. The van der Waals surface area contributed by atoms with Gasteiger partial charge in [-0.15, -0.1) is 0 Å². The number of nitrogens with one attached hydrogen (secondary N) is 1. The summed E-state index contributed by atoms with van der Waals surface area (Å²) in [6.07, 6.45) is 4.27. The number of piperidine rings is 1. The normalized spacial score (nSPS) is 22.4. The van der Waals surface area contributed by atoms with E-state index >= 15 is 0 Å². The molecule has 2 aliphatic rings. The molecule has 0 saturated carbocycles. The number of benzene rings is 3. The number of rotatable bonds is 5. The highest BCUT2D eigenvalue weighted by molar-refractivity contribution is 6.05. The van der Waals surface area contributed by atoms with Gasteiger partial charge in [0.2, 0.25) is 0 Å². The van der Waals surface area contributed by atoms with E-state index in [-0.39, 0.29) is 11.9 Å². The molecule has 5 nitrogen and oxygen atoms in total. The van der Waals surface area contributed by atoms with Crippen molar-refractivity contribution in [3.8, 4) is 11.8 Å². The molecule has 2 fully saturated rings. The number of carbonyl (C=O) groups excluding carboxylic acids is 1. The lowest BCUT2D eigenvalue weighted by atomic mass is 9.95. The number of methoxy groups -OCH3 is 1. The number of amides is 1. The molecule has 32 heavy (non-hydrogen) atoms. The van der Waals surface area contributed by atoms with Crippen molar-refractivity contribution in [1.29, 1.82) is 5.26 Å². The van der Waals surface area contributed by atoms with Gasteiger partial charge in [0.15, 0.2) is 0 Å². The number of ether oxygens (including phenoxy) is 1. The molecule has 0 radical (unpaired) electrons. The van der Waals surface area contributed by atoms with Crippen LogP contribution in [0, 0.1) is 11.3 Å². The lowest BCUT2D eigenvalue weighted by Crippen LogP contribution is -2.50. The van der Waals surface area contributed by atoms with Crippen molar-refractivity contribution in [3.63, 3.8) is 0 Å². The molecule has 2 bridgehead atoms. The Kier molecular flexibility index (Phi) is 5.55. The van der Waals surface area contributed by atoms with Crippen LogP contribution in [0.2, 0.25) is 0 Å². The number of nitriles is 1. The zero-order chi connectivity index (χ0) is 22.1. The number of nitrogens with zero attached hydrogens (tertiary/aromatic N) is 2. The molecular weight excluding hydrogens is 398 g/mol. The molecule has 3 aromatic rings. The largest absolute Gasteiger partial charge is 0.495 e. The van der Waals surface area contributed by atoms with Gasteiger partial charge in [-0.25, -0.2) is 0 Å². The molecule has 1 amide bonds. The summed E-state index contributed by atoms with van der Waals surface area (Å²) < 4.78 is 5.63. The first-order valence-corrected chi connectivity index (χ1v) is 11.3. The van der Waals surface area contributed by atoms with Gasteiger partial charge in [-0.2, -0.15) is 5.26 Å². The Morgan fingerprint density at radius 3 is 2.38 bits per heavy atom. The van der Waals surface area contributed by atoms with Crippen molar-refractivity contribution >= 4 is 16.7 Å². The molecular formula is C27H27N3O2. The third kappa shape index (κ3) is 3.72. The predicted molar refractivity (Wildman–Crippen MR) is 124 cm³/mol. The van der Waals surface area contributed by atoms with Gasteiger partial charge in [-0.05, 0) is 37.3 Å². The van der Waals surface area contributed by atoms with Crippen LogP contribution >= 0.6 is 0 Å². The summed E-state index contributed by atoms with van der Waals surface area (Å²) >= 11 is 0. The maximum absolute atomic E-state index is 13.3. The van der Waals surface area contributed by atoms with Crippen molar-refractivity contribution in [3.05, 3.63) is 77.4 Å². The van der Waals surface area contributed by atoms with E-state index in [1.54, 1.807) is 13.2 Å². The summed E-state index contributed by atoms with van der Waals surface area (Å²) in [5.74, 6) is 0.367. The van der Waals surface area contributed by atoms with Crippen LogP contribution in [-0.2, 0) is 6.54 Å². The third-order valence-electron chi connectivity index (χ3n) is 6.99. The lowest BCUT2D eigenvalue weighted by Gasteiger charge is -2.39. The van der Waals surface area contributed by atoms with Crippen LogP contribution in [0.25, 0.3) is 10.8 Å². The molecule has 2 unspecified atom stereocenters. The highest BCUT2D eigenvalue weighted by Crippen LogP contribution is 2.37. The van der Waals surface area contributed by atoms with Gasteiger partial charge in [0, 0.05) is 35.4 Å². The van der Waals surface area contributed by atoms with E-state index in [0.29, 0.717) is 29.0 Å². The van der Waals surface area contributed by atoms with E-state index in [9.17, 15) is 10.1 Å². The van der Waals surface area contributed by atoms with E-state index < -0.39 is 0 Å². The fourth-order valence-electron chi connectivity index (χ4n) is 5.54. The van der Waals surface area contributed by atoms with Crippen LogP contribution in [0.15, 0.2) is 60.7 Å². The first kappa shape index (κ1) is 20.5. The van der Waals surface area contributed by atoms with Gasteiger partial charge < -0.3 is 10.1 Å². The van der Waals surface area contributed by atoms with Crippen LogP contribution in [0.5, 0.6) is 5.75 Å². The monoisotopic (exact) mass is 425 g/mol. The summed E-state index contributed by atoms with van der Waals surface area (Å²) in [7, 11) is 1.58. The van der Waals surface area contributed by atoms with Crippen molar-refractivity contribution in [2.24, 2.45) is 0 Å². The van der Waals surface area contributed by atoms with Crippen LogP contribution in [0.1, 0.15) is 47.2 Å². The SMILES string of the molecule is COc1c(C(=O)NC2CC3CCC(C2)N3Cc2ccccc2)cc(C#N)c2ccccc12. The number of fused-ring (bicyclic) bond motifs is 3. The first-order valence-electron chi connectivity index (χ1n) is 11.3. The van der Waals surface area contributed by atoms with Gasteiger partial charge in [0.1, 0.15) is 5.75 Å². The smallest absolute Gasteiger partial charge is 0.255 e. The van der Waals surface area contributed by atoms with Crippen LogP contribution in [0.4, 0.5) is 0 Å². The average Bonchev–Trinajstić information content (AvgIpc) is 3.05. The van der Waals surface area contributed by atoms with E-state index in [2.05, 4.69) is 46.6 Å². The molecule has 2 heterocycles. The van der Waals surface area contributed by atoms with Gasteiger partial charge in [0.25, 0.3) is 5.91 Å².